The molecular weight excluding hydrogens is 252 g/mol. The maximum Gasteiger partial charge on any atom is 0.339 e. The summed E-state index contributed by atoms with van der Waals surface area (Å²) < 4.78 is 0. The summed E-state index contributed by atoms with van der Waals surface area (Å²) in [7, 11) is 0. The quantitative estimate of drug-likeness (QED) is 0.865. The van der Waals surface area contributed by atoms with Gasteiger partial charge in [0.2, 0.25) is 0 Å². The molecule has 0 saturated heterocycles. The van der Waals surface area contributed by atoms with E-state index in [-0.39, 0.29) is 16.7 Å². The van der Waals surface area contributed by atoms with E-state index in [0.29, 0.717) is 0 Å². The van der Waals surface area contributed by atoms with Crippen LogP contribution in [0, 0.1) is 0 Å². The smallest absolute Gasteiger partial charge is 0.339 e. The highest BCUT2D eigenvalue weighted by Crippen LogP contribution is 2.28. The molecule has 0 atom stereocenters. The lowest BCUT2D eigenvalue weighted by molar-refractivity contribution is 0.0694. The van der Waals surface area contributed by atoms with Crippen molar-refractivity contribution in [3.05, 3.63) is 53.6 Å². The first kappa shape index (κ1) is 14.1. The van der Waals surface area contributed by atoms with Gasteiger partial charge in [0.25, 0.3) is 0 Å². The topological polar surface area (TPSA) is 57.5 Å². The van der Waals surface area contributed by atoms with Crippen LogP contribution in [0.15, 0.2) is 42.5 Å². The van der Waals surface area contributed by atoms with Gasteiger partial charge in [-0.25, -0.2) is 4.79 Å². The lowest BCUT2D eigenvalue weighted by Gasteiger charge is -2.19. The molecule has 0 radical (unpaired) electrons. The molecule has 104 valence electrons. The summed E-state index contributed by atoms with van der Waals surface area (Å²) in [6, 6.07) is 12.6. The summed E-state index contributed by atoms with van der Waals surface area (Å²) in [6.45, 7) is 6.43. The minimum atomic E-state index is -1.13. The number of hydrogen-bond donors (Lipinski definition) is 2. The molecule has 0 bridgehead atoms. The highest BCUT2D eigenvalue weighted by molar-refractivity contribution is 5.92. The molecule has 20 heavy (non-hydrogen) atoms. The van der Waals surface area contributed by atoms with Gasteiger partial charge in [0.15, 0.2) is 0 Å². The van der Waals surface area contributed by atoms with Crippen molar-refractivity contribution in [2.45, 2.75) is 26.2 Å². The van der Waals surface area contributed by atoms with Crippen molar-refractivity contribution in [1.82, 2.24) is 0 Å². The van der Waals surface area contributed by atoms with E-state index in [1.807, 2.05) is 24.3 Å². The first-order valence-electron chi connectivity index (χ1n) is 6.46. The van der Waals surface area contributed by atoms with Crippen molar-refractivity contribution in [2.24, 2.45) is 0 Å². The number of phenols is 1. The molecule has 2 aromatic carbocycles. The van der Waals surface area contributed by atoms with Crippen LogP contribution in [0.2, 0.25) is 0 Å². The van der Waals surface area contributed by atoms with Crippen molar-refractivity contribution >= 4 is 5.97 Å². The van der Waals surface area contributed by atoms with Crippen molar-refractivity contribution < 1.29 is 15.0 Å². The number of hydrogen-bond acceptors (Lipinski definition) is 2. The SMILES string of the molecule is CC(C)(C)c1ccc(-c2ccc(O)c(C(=O)O)c2)cc1. The Balaban J connectivity index is 2.42. The molecule has 0 aliphatic rings. The summed E-state index contributed by atoms with van der Waals surface area (Å²) in [5.74, 6) is -1.34. The van der Waals surface area contributed by atoms with Gasteiger partial charge in [-0.3, -0.25) is 0 Å². The van der Waals surface area contributed by atoms with Gasteiger partial charge in [-0.05, 0) is 34.2 Å². The van der Waals surface area contributed by atoms with Crippen LogP contribution in [0.3, 0.4) is 0 Å². The molecule has 2 N–H and O–H groups in total. The number of benzene rings is 2. The molecule has 3 heteroatoms. The lowest BCUT2D eigenvalue weighted by Crippen LogP contribution is -2.10. The third-order valence-electron chi connectivity index (χ3n) is 3.31. The van der Waals surface area contributed by atoms with E-state index in [9.17, 15) is 9.90 Å². The molecule has 0 saturated carbocycles. The maximum absolute atomic E-state index is 11.0. The van der Waals surface area contributed by atoms with Crippen molar-refractivity contribution in [3.8, 4) is 16.9 Å². The predicted molar refractivity (Wildman–Crippen MR) is 79.2 cm³/mol. The Kier molecular flexibility index (Phi) is 3.53. The molecule has 2 aromatic rings. The van der Waals surface area contributed by atoms with Crippen molar-refractivity contribution in [3.63, 3.8) is 0 Å². The number of aromatic hydroxyl groups is 1. The Morgan fingerprint density at radius 3 is 2.00 bits per heavy atom. The molecule has 0 spiro atoms. The van der Waals surface area contributed by atoms with Gasteiger partial charge in [0, 0.05) is 0 Å². The van der Waals surface area contributed by atoms with Crippen LogP contribution < -0.4 is 0 Å². The van der Waals surface area contributed by atoms with Crippen LogP contribution in [-0.4, -0.2) is 16.2 Å². The number of rotatable bonds is 2. The summed E-state index contributed by atoms with van der Waals surface area (Å²) in [5, 5.41) is 18.6. The Bertz CT molecular complexity index is 634. The predicted octanol–water partition coefficient (Wildman–Crippen LogP) is 4.05. The molecule has 3 nitrogen and oxygen atoms in total. The zero-order valence-corrected chi connectivity index (χ0v) is 11.8. The fraction of sp³-hybridized carbons (Fsp3) is 0.235. The van der Waals surface area contributed by atoms with E-state index in [0.717, 1.165) is 11.1 Å². The molecule has 0 amide bonds. The average Bonchev–Trinajstić information content (AvgIpc) is 2.38. The van der Waals surface area contributed by atoms with E-state index >= 15 is 0 Å². The standard InChI is InChI=1S/C17H18O3/c1-17(2,3)13-7-4-11(5-8-13)12-6-9-15(18)14(10-12)16(19)20/h4-10,18H,1-3H3,(H,19,20). The Morgan fingerprint density at radius 2 is 1.50 bits per heavy atom. The third-order valence-corrected chi connectivity index (χ3v) is 3.31. The minimum absolute atomic E-state index is 0.0811. The summed E-state index contributed by atoms with van der Waals surface area (Å²) in [5.41, 5.74) is 2.93. The van der Waals surface area contributed by atoms with Crippen LogP contribution in [0.1, 0.15) is 36.7 Å². The zero-order valence-electron chi connectivity index (χ0n) is 11.8. The summed E-state index contributed by atoms with van der Waals surface area (Å²) in [4.78, 5) is 11.0. The Labute approximate surface area is 118 Å². The third kappa shape index (κ3) is 2.82. The van der Waals surface area contributed by atoms with E-state index < -0.39 is 5.97 Å². The highest BCUT2D eigenvalue weighted by atomic mass is 16.4. The average molecular weight is 270 g/mol. The van der Waals surface area contributed by atoms with Gasteiger partial charge in [-0.2, -0.15) is 0 Å². The highest BCUT2D eigenvalue weighted by Gasteiger charge is 2.14. The van der Waals surface area contributed by atoms with Gasteiger partial charge >= 0.3 is 5.97 Å². The number of aromatic carboxylic acids is 1. The molecule has 0 unspecified atom stereocenters. The Morgan fingerprint density at radius 1 is 0.950 bits per heavy atom. The van der Waals surface area contributed by atoms with Crippen LogP contribution in [-0.2, 0) is 5.41 Å². The van der Waals surface area contributed by atoms with Gasteiger partial charge < -0.3 is 10.2 Å². The molecule has 0 aliphatic carbocycles. The molecule has 0 aliphatic heterocycles. The second-order valence-electron chi connectivity index (χ2n) is 5.86. The molecule has 2 rings (SSSR count). The normalized spacial score (nSPS) is 11.3. The van der Waals surface area contributed by atoms with Crippen LogP contribution in [0.25, 0.3) is 11.1 Å². The van der Waals surface area contributed by atoms with Gasteiger partial charge in [0.1, 0.15) is 11.3 Å². The molecule has 0 heterocycles. The van der Waals surface area contributed by atoms with Crippen LogP contribution in [0.5, 0.6) is 5.75 Å². The van der Waals surface area contributed by atoms with Gasteiger partial charge in [-0.1, -0.05) is 51.1 Å². The van der Waals surface area contributed by atoms with E-state index in [2.05, 4.69) is 20.8 Å². The van der Waals surface area contributed by atoms with E-state index in [1.165, 1.54) is 17.7 Å². The van der Waals surface area contributed by atoms with E-state index in [1.54, 1.807) is 6.07 Å². The summed E-state index contributed by atoms with van der Waals surface area (Å²) in [6.07, 6.45) is 0. The minimum Gasteiger partial charge on any atom is -0.507 e. The van der Waals surface area contributed by atoms with Gasteiger partial charge in [0.05, 0.1) is 0 Å². The number of carboxylic acids is 1. The number of carboxylic acid groups (broad SMARTS) is 1. The summed E-state index contributed by atoms with van der Waals surface area (Å²) >= 11 is 0. The van der Waals surface area contributed by atoms with Gasteiger partial charge in [-0.15, -0.1) is 0 Å². The van der Waals surface area contributed by atoms with E-state index in [4.69, 9.17) is 5.11 Å². The fourth-order valence-electron chi connectivity index (χ4n) is 2.05. The van der Waals surface area contributed by atoms with Crippen LogP contribution in [0.4, 0.5) is 0 Å². The second kappa shape index (κ2) is 5.00. The first-order chi connectivity index (χ1) is 9.29. The Hall–Kier alpha value is -2.29. The molecular formula is C17H18O3. The fourth-order valence-corrected chi connectivity index (χ4v) is 2.05. The zero-order chi connectivity index (χ0) is 14.9. The first-order valence-corrected chi connectivity index (χ1v) is 6.46. The molecule has 0 fully saturated rings. The second-order valence-corrected chi connectivity index (χ2v) is 5.86. The largest absolute Gasteiger partial charge is 0.507 e. The lowest BCUT2D eigenvalue weighted by atomic mass is 9.86. The maximum atomic E-state index is 11.0. The monoisotopic (exact) mass is 270 g/mol. The van der Waals surface area contributed by atoms with Crippen molar-refractivity contribution in [2.75, 3.05) is 0 Å². The van der Waals surface area contributed by atoms with Crippen molar-refractivity contribution in [1.29, 1.82) is 0 Å². The van der Waals surface area contributed by atoms with Crippen LogP contribution >= 0.6 is 0 Å². The number of carbonyl (C=O) groups is 1. The molecule has 0 aromatic heterocycles.